The van der Waals surface area contributed by atoms with Gasteiger partial charge in [-0.2, -0.15) is 0 Å². The van der Waals surface area contributed by atoms with Crippen LogP contribution in [0.5, 0.6) is 0 Å². The Morgan fingerprint density at radius 2 is 2.10 bits per heavy atom. The predicted octanol–water partition coefficient (Wildman–Crippen LogP) is 2.68. The van der Waals surface area contributed by atoms with Crippen LogP contribution in [0.4, 0.5) is 5.69 Å². The molecule has 0 heterocycles. The average Bonchev–Trinajstić information content (AvgIpc) is 2.38. The Morgan fingerprint density at radius 3 is 2.57 bits per heavy atom. The average molecular weight is 359 g/mol. The summed E-state index contributed by atoms with van der Waals surface area (Å²) < 4.78 is 0.430. The first-order valence-electron chi connectivity index (χ1n) is 6.24. The van der Waals surface area contributed by atoms with Crippen LogP contribution in [-0.2, 0) is 4.79 Å². The Bertz CT molecular complexity index is 576. The zero-order valence-corrected chi connectivity index (χ0v) is 13.2. The fourth-order valence-electron chi connectivity index (χ4n) is 1.96. The highest BCUT2D eigenvalue weighted by molar-refractivity contribution is 9.10. The lowest BCUT2D eigenvalue weighted by Gasteiger charge is -2.27. The highest BCUT2D eigenvalue weighted by atomic mass is 79.9. The van der Waals surface area contributed by atoms with Crippen molar-refractivity contribution in [2.24, 2.45) is 0 Å². The van der Waals surface area contributed by atoms with Gasteiger partial charge in [-0.25, -0.2) is 0 Å². The number of nitro benzene ring substituents is 1. The molecule has 1 amide bonds. The zero-order chi connectivity index (χ0) is 16.2. The van der Waals surface area contributed by atoms with Crippen LogP contribution in [0, 0.1) is 10.1 Å². The number of amides is 1. The third kappa shape index (κ3) is 4.25. The maximum absolute atomic E-state index is 12.5. The molecule has 0 radical (unpaired) electrons. The van der Waals surface area contributed by atoms with E-state index in [0.29, 0.717) is 11.0 Å². The van der Waals surface area contributed by atoms with Gasteiger partial charge >= 0.3 is 5.97 Å². The number of carbonyl (C=O) groups is 2. The maximum atomic E-state index is 12.5. The molecule has 0 aromatic heterocycles. The lowest BCUT2D eigenvalue weighted by atomic mass is 10.1. The van der Waals surface area contributed by atoms with Gasteiger partial charge in [0.15, 0.2) is 0 Å². The predicted molar refractivity (Wildman–Crippen MR) is 79.2 cm³/mol. The molecular weight excluding hydrogens is 344 g/mol. The molecule has 21 heavy (non-hydrogen) atoms. The van der Waals surface area contributed by atoms with E-state index in [-0.39, 0.29) is 17.7 Å². The number of halogens is 1. The number of non-ortho nitro benzene ring substituents is 1. The largest absolute Gasteiger partial charge is 0.481 e. The first kappa shape index (κ1) is 17.1. The summed E-state index contributed by atoms with van der Waals surface area (Å²) in [6.45, 7) is 3.66. The highest BCUT2D eigenvalue weighted by Gasteiger charge is 2.25. The second kappa shape index (κ2) is 7.16. The molecule has 8 heteroatoms. The summed E-state index contributed by atoms with van der Waals surface area (Å²) >= 11 is 3.19. The van der Waals surface area contributed by atoms with Crippen LogP contribution >= 0.6 is 15.9 Å². The van der Waals surface area contributed by atoms with Crippen molar-refractivity contribution in [1.82, 2.24) is 4.90 Å². The van der Waals surface area contributed by atoms with E-state index in [1.165, 1.54) is 23.1 Å². The van der Waals surface area contributed by atoms with Gasteiger partial charge < -0.3 is 10.0 Å². The molecule has 0 saturated carbocycles. The Kier molecular flexibility index (Phi) is 5.83. The Balaban J connectivity index is 3.12. The number of nitro groups is 1. The van der Waals surface area contributed by atoms with Crippen molar-refractivity contribution in [3.63, 3.8) is 0 Å². The van der Waals surface area contributed by atoms with Gasteiger partial charge in [0.2, 0.25) is 0 Å². The van der Waals surface area contributed by atoms with Crippen LogP contribution in [0.2, 0.25) is 0 Å². The number of hydrogen-bond acceptors (Lipinski definition) is 4. The summed E-state index contributed by atoms with van der Waals surface area (Å²) in [6, 6.07) is 3.40. The second-order valence-electron chi connectivity index (χ2n) is 4.46. The number of nitrogens with zero attached hydrogens (tertiary/aromatic N) is 2. The molecule has 1 atom stereocenters. The molecule has 0 saturated heterocycles. The van der Waals surface area contributed by atoms with Crippen molar-refractivity contribution in [2.75, 3.05) is 6.54 Å². The summed E-state index contributed by atoms with van der Waals surface area (Å²) in [5, 5.41) is 19.6. The van der Waals surface area contributed by atoms with Gasteiger partial charge in [-0.3, -0.25) is 19.7 Å². The lowest BCUT2D eigenvalue weighted by molar-refractivity contribution is -0.384. The molecular formula is C13H15BrN2O5. The van der Waals surface area contributed by atoms with Crippen LogP contribution in [0.3, 0.4) is 0 Å². The molecule has 0 aliphatic carbocycles. The summed E-state index contributed by atoms with van der Waals surface area (Å²) in [5.74, 6) is -1.45. The molecule has 0 aliphatic rings. The lowest BCUT2D eigenvalue weighted by Crippen LogP contribution is -2.39. The van der Waals surface area contributed by atoms with Crippen LogP contribution in [0.25, 0.3) is 0 Å². The molecule has 7 nitrogen and oxygen atoms in total. The van der Waals surface area contributed by atoms with E-state index < -0.39 is 22.8 Å². The first-order chi connectivity index (χ1) is 9.77. The molecule has 114 valence electrons. The van der Waals surface area contributed by atoms with E-state index in [0.717, 1.165) is 0 Å². The van der Waals surface area contributed by atoms with Crippen LogP contribution in [-0.4, -0.2) is 39.4 Å². The highest BCUT2D eigenvalue weighted by Crippen LogP contribution is 2.24. The molecule has 0 spiro atoms. The number of carbonyl (C=O) groups excluding carboxylic acids is 1. The number of carboxylic acid groups (broad SMARTS) is 1. The Hall–Kier alpha value is -1.96. The summed E-state index contributed by atoms with van der Waals surface area (Å²) in [6.07, 6.45) is -0.188. The third-order valence-corrected chi connectivity index (χ3v) is 3.69. The third-order valence-electron chi connectivity index (χ3n) is 2.99. The van der Waals surface area contributed by atoms with E-state index in [1.807, 2.05) is 0 Å². The van der Waals surface area contributed by atoms with Gasteiger partial charge in [0.25, 0.3) is 11.6 Å². The van der Waals surface area contributed by atoms with Crippen LogP contribution < -0.4 is 0 Å². The Morgan fingerprint density at radius 1 is 1.48 bits per heavy atom. The van der Waals surface area contributed by atoms with Crippen molar-refractivity contribution in [3.8, 4) is 0 Å². The smallest absolute Gasteiger partial charge is 0.305 e. The van der Waals surface area contributed by atoms with Crippen molar-refractivity contribution >= 4 is 33.5 Å². The van der Waals surface area contributed by atoms with Gasteiger partial charge in [0.1, 0.15) is 0 Å². The van der Waals surface area contributed by atoms with Gasteiger partial charge in [-0.15, -0.1) is 0 Å². The molecule has 1 aromatic carbocycles. The summed E-state index contributed by atoms with van der Waals surface area (Å²) in [5.41, 5.74) is -0.0493. The fraction of sp³-hybridized carbons (Fsp3) is 0.385. The van der Waals surface area contributed by atoms with E-state index in [9.17, 15) is 19.7 Å². The number of rotatable bonds is 6. The minimum atomic E-state index is -1.01. The molecule has 0 bridgehead atoms. The fourth-order valence-corrected chi connectivity index (χ4v) is 2.38. The molecule has 1 N–H and O–H groups in total. The number of carboxylic acids is 1. The van der Waals surface area contributed by atoms with E-state index in [4.69, 9.17) is 5.11 Å². The quantitative estimate of drug-likeness (QED) is 0.622. The van der Waals surface area contributed by atoms with E-state index >= 15 is 0 Å². The van der Waals surface area contributed by atoms with Crippen LogP contribution in [0.15, 0.2) is 22.7 Å². The molecule has 1 rings (SSSR count). The normalized spacial score (nSPS) is 11.8. The number of hydrogen-bond donors (Lipinski definition) is 1. The van der Waals surface area contributed by atoms with E-state index in [2.05, 4.69) is 15.9 Å². The minimum absolute atomic E-state index is 0.142. The van der Waals surface area contributed by atoms with Crippen molar-refractivity contribution in [2.45, 2.75) is 26.3 Å². The van der Waals surface area contributed by atoms with Gasteiger partial charge in [-0.1, -0.05) is 0 Å². The summed E-state index contributed by atoms with van der Waals surface area (Å²) in [7, 11) is 0. The van der Waals surface area contributed by atoms with Gasteiger partial charge in [0.05, 0.1) is 16.9 Å². The van der Waals surface area contributed by atoms with Crippen LogP contribution in [0.1, 0.15) is 30.6 Å². The number of benzene rings is 1. The number of aliphatic carboxylic acids is 1. The monoisotopic (exact) mass is 358 g/mol. The summed E-state index contributed by atoms with van der Waals surface area (Å²) in [4.78, 5) is 34.8. The molecule has 0 fully saturated rings. The first-order valence-corrected chi connectivity index (χ1v) is 7.03. The maximum Gasteiger partial charge on any atom is 0.305 e. The molecule has 0 aliphatic heterocycles. The zero-order valence-electron chi connectivity index (χ0n) is 11.6. The standard InChI is InChI=1S/C13H15BrN2O5/c1-3-15(8(2)6-12(17)18)13(19)10-7-9(16(20)21)4-5-11(10)14/h4-5,7-8H,3,6H2,1-2H3,(H,17,18). The van der Waals surface area contributed by atoms with Gasteiger partial charge in [0, 0.05) is 29.2 Å². The van der Waals surface area contributed by atoms with Crippen molar-refractivity contribution in [1.29, 1.82) is 0 Å². The second-order valence-corrected chi connectivity index (χ2v) is 5.31. The SMILES string of the molecule is CCN(C(=O)c1cc([N+](=O)[O-])ccc1Br)C(C)CC(=O)O. The molecule has 1 unspecified atom stereocenters. The Labute approximate surface area is 129 Å². The topological polar surface area (TPSA) is 101 Å². The van der Waals surface area contributed by atoms with E-state index in [1.54, 1.807) is 13.8 Å². The van der Waals surface area contributed by atoms with Crippen molar-refractivity contribution in [3.05, 3.63) is 38.3 Å². The van der Waals surface area contributed by atoms with Crippen molar-refractivity contribution < 1.29 is 19.6 Å². The van der Waals surface area contributed by atoms with Gasteiger partial charge in [-0.05, 0) is 35.8 Å². The molecule has 1 aromatic rings. The minimum Gasteiger partial charge on any atom is -0.481 e.